The van der Waals surface area contributed by atoms with Gasteiger partial charge in [0.15, 0.2) is 11.5 Å². The Balaban J connectivity index is 1.79. The number of allylic oxidation sites excluding steroid dienone is 1. The average molecular weight is 627 g/mol. The van der Waals surface area contributed by atoms with E-state index in [1.807, 2.05) is 5.32 Å². The van der Waals surface area contributed by atoms with Crippen LogP contribution in [0.4, 0.5) is 35.0 Å². The molecular formula is C29H21F3N4O9. The summed E-state index contributed by atoms with van der Waals surface area (Å²) < 4.78 is 51.0. The Morgan fingerprint density at radius 3 is 2.24 bits per heavy atom. The highest BCUT2D eigenvalue weighted by Gasteiger charge is 2.37. The molecule has 3 aromatic carbocycles. The van der Waals surface area contributed by atoms with Crippen molar-refractivity contribution in [1.82, 2.24) is 5.32 Å². The van der Waals surface area contributed by atoms with Crippen molar-refractivity contribution in [2.24, 2.45) is 0 Å². The molecule has 0 unspecified atom stereocenters. The van der Waals surface area contributed by atoms with E-state index in [-0.39, 0.29) is 47.0 Å². The predicted molar refractivity (Wildman–Crippen MR) is 152 cm³/mol. The number of hydrogen-bond donors (Lipinski definition) is 1. The number of amides is 4. The average Bonchev–Trinajstić information content (AvgIpc) is 2.96. The first-order chi connectivity index (χ1) is 21.2. The lowest BCUT2D eigenvalue weighted by molar-refractivity contribution is -0.385. The van der Waals surface area contributed by atoms with Gasteiger partial charge in [-0.3, -0.25) is 35.1 Å². The van der Waals surface area contributed by atoms with Gasteiger partial charge in [0.1, 0.15) is 5.57 Å². The molecule has 1 N–H and O–H groups in total. The van der Waals surface area contributed by atoms with E-state index in [1.54, 1.807) is 6.92 Å². The highest BCUT2D eigenvalue weighted by molar-refractivity contribution is 6.39. The molecule has 0 spiro atoms. The van der Waals surface area contributed by atoms with Crippen LogP contribution in [0.5, 0.6) is 17.2 Å². The van der Waals surface area contributed by atoms with Crippen LogP contribution >= 0.6 is 0 Å². The van der Waals surface area contributed by atoms with Crippen LogP contribution in [0.15, 0.2) is 72.8 Å². The first kappa shape index (κ1) is 31.9. The fourth-order valence-corrected chi connectivity index (χ4v) is 4.27. The lowest BCUT2D eigenvalue weighted by atomic mass is 10.0. The highest BCUT2D eigenvalue weighted by atomic mass is 19.4. The van der Waals surface area contributed by atoms with Crippen LogP contribution in [0.3, 0.4) is 0 Å². The maximum Gasteiger partial charge on any atom is 0.416 e. The van der Waals surface area contributed by atoms with E-state index in [0.717, 1.165) is 36.4 Å². The second kappa shape index (κ2) is 12.7. The standard InChI is InChI=1S/C29H21F3N4O9/c1-3-5-17-12-16(13-21-26(37)33-28(39)34(27(21)38)19-7-9-20(10-8-19)35(40)41)14-24(44-4-2)25(17)45-23-11-6-18(29(30,31)32)15-22(23)36(42)43/h3,6-15H,1,4-5H2,2H3,(H,33,37,39)/b21-13+. The third-order valence-electron chi connectivity index (χ3n) is 6.24. The van der Waals surface area contributed by atoms with Gasteiger partial charge in [0, 0.05) is 23.8 Å². The summed E-state index contributed by atoms with van der Waals surface area (Å²) in [7, 11) is 0. The number of carbonyl (C=O) groups is 3. The third kappa shape index (κ3) is 6.79. The van der Waals surface area contributed by atoms with E-state index in [9.17, 15) is 47.8 Å². The third-order valence-corrected chi connectivity index (χ3v) is 6.24. The monoisotopic (exact) mass is 626 g/mol. The van der Waals surface area contributed by atoms with Crippen molar-refractivity contribution in [1.29, 1.82) is 0 Å². The fraction of sp³-hybridized carbons (Fsp3) is 0.138. The summed E-state index contributed by atoms with van der Waals surface area (Å²) in [6.45, 7) is 5.30. The van der Waals surface area contributed by atoms with Crippen molar-refractivity contribution >= 4 is 41.0 Å². The minimum atomic E-state index is -4.84. The molecule has 1 fully saturated rings. The Morgan fingerprint density at radius 1 is 0.978 bits per heavy atom. The molecule has 1 aliphatic heterocycles. The highest BCUT2D eigenvalue weighted by Crippen LogP contribution is 2.42. The zero-order valence-corrected chi connectivity index (χ0v) is 23.1. The molecule has 0 aliphatic carbocycles. The van der Waals surface area contributed by atoms with E-state index in [2.05, 4.69) is 6.58 Å². The molecular weight excluding hydrogens is 605 g/mol. The molecule has 13 nitrogen and oxygen atoms in total. The molecule has 0 bridgehead atoms. The van der Waals surface area contributed by atoms with Crippen molar-refractivity contribution in [3.8, 4) is 17.2 Å². The quantitative estimate of drug-likeness (QED) is 0.0917. The number of nitro groups is 2. The lowest BCUT2D eigenvalue weighted by Gasteiger charge is -2.26. The van der Waals surface area contributed by atoms with Crippen molar-refractivity contribution in [2.75, 3.05) is 11.5 Å². The number of nitrogens with zero attached hydrogens (tertiary/aromatic N) is 3. The number of non-ortho nitro benzene ring substituents is 1. The summed E-state index contributed by atoms with van der Waals surface area (Å²) in [5.41, 5.74) is -2.60. The molecule has 0 saturated carbocycles. The Hall–Kier alpha value is -6.06. The summed E-state index contributed by atoms with van der Waals surface area (Å²) in [4.78, 5) is 60.1. The van der Waals surface area contributed by atoms with Gasteiger partial charge in [-0.1, -0.05) is 6.08 Å². The Labute approximate surface area is 251 Å². The van der Waals surface area contributed by atoms with Crippen molar-refractivity contribution in [3.63, 3.8) is 0 Å². The Bertz CT molecular complexity index is 1770. The molecule has 4 amide bonds. The molecule has 0 atom stereocenters. The lowest BCUT2D eigenvalue weighted by Crippen LogP contribution is -2.54. The van der Waals surface area contributed by atoms with Crippen LogP contribution in [0.2, 0.25) is 0 Å². The minimum absolute atomic E-state index is 0.0372. The number of alkyl halides is 3. The van der Waals surface area contributed by atoms with E-state index >= 15 is 0 Å². The van der Waals surface area contributed by atoms with Gasteiger partial charge in [-0.15, -0.1) is 6.58 Å². The number of anilines is 1. The van der Waals surface area contributed by atoms with E-state index in [0.29, 0.717) is 17.0 Å². The Morgan fingerprint density at radius 2 is 1.67 bits per heavy atom. The number of ether oxygens (including phenoxy) is 2. The molecule has 1 aliphatic rings. The molecule has 4 rings (SSSR count). The second-order valence-electron chi connectivity index (χ2n) is 9.20. The summed E-state index contributed by atoms with van der Waals surface area (Å²) in [5.74, 6) is -2.72. The van der Waals surface area contributed by atoms with Gasteiger partial charge >= 0.3 is 17.9 Å². The van der Waals surface area contributed by atoms with Crippen molar-refractivity contribution in [3.05, 3.63) is 110 Å². The molecule has 1 heterocycles. The SMILES string of the molecule is C=CCc1cc(/C=C2\C(=O)NC(=O)N(c3ccc([N+](=O)[O-])cc3)C2=O)cc(OCC)c1Oc1ccc(C(F)(F)F)cc1[N+](=O)[O-]. The zero-order chi connectivity index (χ0) is 33.1. The van der Waals surface area contributed by atoms with Crippen LogP contribution in [0.25, 0.3) is 6.08 Å². The number of imide groups is 2. The number of nitrogens with one attached hydrogen (secondary N) is 1. The summed E-state index contributed by atoms with van der Waals surface area (Å²) in [6.07, 6.45) is -2.22. The van der Waals surface area contributed by atoms with E-state index in [4.69, 9.17) is 9.47 Å². The first-order valence-electron chi connectivity index (χ1n) is 12.8. The number of barbiturate groups is 1. The molecule has 0 aromatic heterocycles. The predicted octanol–water partition coefficient (Wildman–Crippen LogP) is 6.11. The van der Waals surface area contributed by atoms with Gasteiger partial charge < -0.3 is 9.47 Å². The largest absolute Gasteiger partial charge is 0.490 e. The molecule has 45 heavy (non-hydrogen) atoms. The van der Waals surface area contributed by atoms with Gasteiger partial charge in [-0.2, -0.15) is 13.2 Å². The maximum absolute atomic E-state index is 13.3. The van der Waals surface area contributed by atoms with Crippen LogP contribution in [0.1, 0.15) is 23.6 Å². The number of rotatable bonds is 10. The summed E-state index contributed by atoms with van der Waals surface area (Å²) in [5, 5.41) is 24.6. The number of benzene rings is 3. The van der Waals surface area contributed by atoms with Gasteiger partial charge in [-0.25, -0.2) is 9.69 Å². The summed E-state index contributed by atoms with van der Waals surface area (Å²) >= 11 is 0. The molecule has 0 radical (unpaired) electrons. The fourth-order valence-electron chi connectivity index (χ4n) is 4.27. The van der Waals surface area contributed by atoms with Gasteiger partial charge in [-0.05, 0) is 61.4 Å². The van der Waals surface area contributed by atoms with Crippen LogP contribution in [-0.4, -0.2) is 34.3 Å². The number of hydrogen-bond acceptors (Lipinski definition) is 9. The molecule has 16 heteroatoms. The van der Waals surface area contributed by atoms with Crippen LogP contribution in [-0.2, 0) is 22.2 Å². The summed E-state index contributed by atoms with van der Waals surface area (Å²) in [6, 6.07) is 7.90. The molecule has 3 aromatic rings. The van der Waals surface area contributed by atoms with Crippen LogP contribution < -0.4 is 19.7 Å². The first-order valence-corrected chi connectivity index (χ1v) is 12.8. The number of halogens is 3. The Kier molecular flexibility index (Phi) is 8.97. The number of carbonyl (C=O) groups excluding carboxylic acids is 3. The second-order valence-corrected chi connectivity index (χ2v) is 9.20. The van der Waals surface area contributed by atoms with E-state index < -0.39 is 56.4 Å². The number of nitro benzene ring substituents is 2. The van der Waals surface area contributed by atoms with Crippen molar-refractivity contribution in [2.45, 2.75) is 19.5 Å². The van der Waals surface area contributed by atoms with Crippen LogP contribution in [0, 0.1) is 20.2 Å². The van der Waals surface area contributed by atoms with E-state index in [1.165, 1.54) is 18.2 Å². The molecule has 1 saturated heterocycles. The van der Waals surface area contributed by atoms with Gasteiger partial charge in [0.25, 0.3) is 17.5 Å². The normalized spacial score (nSPS) is 14.3. The zero-order valence-electron chi connectivity index (χ0n) is 23.1. The topological polar surface area (TPSA) is 171 Å². The van der Waals surface area contributed by atoms with Gasteiger partial charge in [0.05, 0.1) is 27.7 Å². The van der Waals surface area contributed by atoms with Crippen molar-refractivity contribution < 1.29 is 46.9 Å². The minimum Gasteiger partial charge on any atom is -0.490 e. The smallest absolute Gasteiger partial charge is 0.416 e. The van der Waals surface area contributed by atoms with Gasteiger partial charge in [0.2, 0.25) is 5.75 Å². The number of urea groups is 1. The molecule has 232 valence electrons. The maximum atomic E-state index is 13.3.